The lowest BCUT2D eigenvalue weighted by atomic mass is 10.1. The predicted molar refractivity (Wildman–Crippen MR) is 33.6 cm³/mol. The maximum atomic E-state index is 11.6. The summed E-state index contributed by atoms with van der Waals surface area (Å²) in [5, 5.41) is 0.665. The molecule has 0 amide bonds. The molecule has 0 aliphatic heterocycles. The largest absolute Gasteiger partial charge is 0.241 e. The van der Waals surface area contributed by atoms with Gasteiger partial charge in [-0.05, 0) is 6.42 Å². The molecule has 0 spiro atoms. The molecule has 0 rings (SSSR count). The number of hydrogen-bond donors (Lipinski definition) is 0. The maximum Gasteiger partial charge on any atom is 0.241 e. The predicted octanol–water partition coefficient (Wildman–Crippen LogP) is 2.67. The van der Waals surface area contributed by atoms with Crippen molar-refractivity contribution in [3.63, 3.8) is 0 Å². The lowest BCUT2D eigenvalue weighted by Crippen LogP contribution is -2.06. The van der Waals surface area contributed by atoms with Crippen LogP contribution >= 0.6 is 15.9 Å². The number of alkyl halides is 3. The van der Waals surface area contributed by atoms with E-state index in [9.17, 15) is 8.78 Å². The highest BCUT2D eigenvalue weighted by molar-refractivity contribution is 9.09. The second-order valence-corrected chi connectivity index (χ2v) is 2.58. The van der Waals surface area contributed by atoms with Crippen molar-refractivity contribution in [2.24, 2.45) is 5.92 Å². The van der Waals surface area contributed by atoms with Crippen LogP contribution in [0, 0.1) is 5.92 Å². The van der Waals surface area contributed by atoms with Gasteiger partial charge in [0.25, 0.3) is 0 Å². The second kappa shape index (κ2) is 4.24. The lowest BCUT2D eigenvalue weighted by molar-refractivity contribution is 0.0853. The molecule has 0 heterocycles. The van der Waals surface area contributed by atoms with Crippen LogP contribution in [0.4, 0.5) is 8.78 Å². The summed E-state index contributed by atoms with van der Waals surface area (Å²) in [7, 11) is 0. The summed E-state index contributed by atoms with van der Waals surface area (Å²) in [6, 6.07) is 0. The van der Waals surface area contributed by atoms with Gasteiger partial charge in [-0.25, -0.2) is 8.78 Å². The summed E-state index contributed by atoms with van der Waals surface area (Å²) < 4.78 is 23.2. The molecule has 1 unspecified atom stereocenters. The van der Waals surface area contributed by atoms with Crippen molar-refractivity contribution in [3.05, 3.63) is 0 Å². The normalized spacial score (nSPS) is 14.6. The maximum absolute atomic E-state index is 11.6. The molecule has 0 aromatic heterocycles. The van der Waals surface area contributed by atoms with Gasteiger partial charge in [-0.3, -0.25) is 0 Å². The first-order valence-corrected chi connectivity index (χ1v) is 3.64. The average Bonchev–Trinajstić information content (AvgIpc) is 1.67. The highest BCUT2D eigenvalue weighted by atomic mass is 79.9. The number of halogens is 3. The minimum Gasteiger partial charge on any atom is -0.210 e. The van der Waals surface area contributed by atoms with E-state index in [1.807, 2.05) is 0 Å². The number of hydrogen-bond acceptors (Lipinski definition) is 0. The van der Waals surface area contributed by atoms with Gasteiger partial charge in [0.05, 0.1) is 0 Å². The third-order valence-electron chi connectivity index (χ3n) is 0.995. The average molecular weight is 187 g/mol. The quantitative estimate of drug-likeness (QED) is 0.595. The molecule has 0 aliphatic rings. The van der Waals surface area contributed by atoms with E-state index < -0.39 is 12.3 Å². The molecule has 0 aliphatic carbocycles. The van der Waals surface area contributed by atoms with E-state index in [4.69, 9.17) is 0 Å². The van der Waals surface area contributed by atoms with Gasteiger partial charge >= 0.3 is 0 Å². The van der Waals surface area contributed by atoms with Gasteiger partial charge in [0, 0.05) is 11.2 Å². The SMILES string of the molecule is CC(CCBr)C(F)F. The van der Waals surface area contributed by atoms with Crippen molar-refractivity contribution in [3.8, 4) is 0 Å². The van der Waals surface area contributed by atoms with Crippen LogP contribution in [0.15, 0.2) is 0 Å². The molecule has 0 saturated carbocycles. The van der Waals surface area contributed by atoms with Crippen molar-refractivity contribution in [2.75, 3.05) is 5.33 Å². The molecule has 8 heavy (non-hydrogen) atoms. The lowest BCUT2D eigenvalue weighted by Gasteiger charge is -2.05. The zero-order valence-corrected chi connectivity index (χ0v) is 6.29. The molecule has 1 atom stereocenters. The molecule has 0 fully saturated rings. The molecule has 0 aromatic carbocycles. The van der Waals surface area contributed by atoms with Crippen LogP contribution in [-0.4, -0.2) is 11.8 Å². The molecule has 50 valence electrons. The Morgan fingerprint density at radius 1 is 1.50 bits per heavy atom. The van der Waals surface area contributed by atoms with Crippen LogP contribution in [0.2, 0.25) is 0 Å². The summed E-state index contributed by atoms with van der Waals surface area (Å²) in [6.07, 6.45) is -1.61. The highest BCUT2D eigenvalue weighted by Crippen LogP contribution is 2.13. The Balaban J connectivity index is 3.17. The van der Waals surface area contributed by atoms with Gasteiger partial charge in [0.1, 0.15) is 0 Å². The van der Waals surface area contributed by atoms with E-state index in [1.165, 1.54) is 0 Å². The Kier molecular flexibility index (Phi) is 4.42. The van der Waals surface area contributed by atoms with E-state index in [0.29, 0.717) is 11.8 Å². The summed E-state index contributed by atoms with van der Waals surface area (Å²) in [4.78, 5) is 0. The van der Waals surface area contributed by atoms with Gasteiger partial charge in [-0.1, -0.05) is 22.9 Å². The first kappa shape index (κ1) is 8.34. The Morgan fingerprint density at radius 3 is 2.12 bits per heavy atom. The smallest absolute Gasteiger partial charge is 0.210 e. The number of rotatable bonds is 3. The van der Waals surface area contributed by atoms with Crippen molar-refractivity contribution < 1.29 is 8.78 Å². The van der Waals surface area contributed by atoms with E-state index >= 15 is 0 Å². The molecule has 0 radical (unpaired) electrons. The third-order valence-corrected chi connectivity index (χ3v) is 1.45. The third kappa shape index (κ3) is 3.36. The van der Waals surface area contributed by atoms with Crippen LogP contribution < -0.4 is 0 Å². The fourth-order valence-electron chi connectivity index (χ4n) is 0.298. The van der Waals surface area contributed by atoms with Crippen molar-refractivity contribution in [1.29, 1.82) is 0 Å². The van der Waals surface area contributed by atoms with Crippen molar-refractivity contribution in [1.82, 2.24) is 0 Å². The minimum absolute atomic E-state index is 0.464. The molecular formula is C5H9BrF2. The summed E-state index contributed by atoms with van der Waals surface area (Å²) in [5.74, 6) is -0.464. The van der Waals surface area contributed by atoms with E-state index in [0.717, 1.165) is 0 Å². The second-order valence-electron chi connectivity index (χ2n) is 1.79. The fraction of sp³-hybridized carbons (Fsp3) is 1.00. The van der Waals surface area contributed by atoms with E-state index in [-0.39, 0.29) is 0 Å². The molecule has 0 bridgehead atoms. The summed E-state index contributed by atoms with van der Waals surface area (Å²) >= 11 is 3.08. The van der Waals surface area contributed by atoms with Crippen LogP contribution in [-0.2, 0) is 0 Å². The van der Waals surface area contributed by atoms with Gasteiger partial charge in [0.15, 0.2) is 0 Å². The molecular weight excluding hydrogens is 178 g/mol. The van der Waals surface area contributed by atoms with E-state index in [2.05, 4.69) is 15.9 Å². The van der Waals surface area contributed by atoms with Crippen molar-refractivity contribution in [2.45, 2.75) is 19.8 Å². The molecule has 0 aromatic rings. The van der Waals surface area contributed by atoms with Crippen LogP contribution in [0.5, 0.6) is 0 Å². The van der Waals surface area contributed by atoms with E-state index in [1.54, 1.807) is 6.92 Å². The van der Waals surface area contributed by atoms with Crippen LogP contribution in [0.25, 0.3) is 0 Å². The van der Waals surface area contributed by atoms with Crippen molar-refractivity contribution >= 4 is 15.9 Å². The topological polar surface area (TPSA) is 0 Å². The summed E-state index contributed by atoms with van der Waals surface area (Å²) in [6.45, 7) is 1.55. The minimum atomic E-state index is -2.16. The first-order valence-electron chi connectivity index (χ1n) is 2.52. The molecule has 0 saturated heterocycles. The van der Waals surface area contributed by atoms with Gasteiger partial charge in [0.2, 0.25) is 6.43 Å². The highest BCUT2D eigenvalue weighted by Gasteiger charge is 2.12. The first-order chi connectivity index (χ1) is 3.68. The fourth-order valence-corrected chi connectivity index (χ4v) is 1.02. The Hall–Kier alpha value is 0.340. The van der Waals surface area contributed by atoms with Gasteiger partial charge in [-0.2, -0.15) is 0 Å². The monoisotopic (exact) mass is 186 g/mol. The zero-order valence-electron chi connectivity index (χ0n) is 4.70. The zero-order chi connectivity index (χ0) is 6.57. The van der Waals surface area contributed by atoms with Gasteiger partial charge < -0.3 is 0 Å². The van der Waals surface area contributed by atoms with Gasteiger partial charge in [-0.15, -0.1) is 0 Å². The molecule has 3 heteroatoms. The van der Waals surface area contributed by atoms with Crippen LogP contribution in [0.3, 0.4) is 0 Å². The Bertz CT molecular complexity index is 56.4. The molecule has 0 nitrogen and oxygen atoms in total. The molecule has 0 N–H and O–H groups in total. The Morgan fingerprint density at radius 2 is 2.00 bits per heavy atom. The van der Waals surface area contributed by atoms with Crippen LogP contribution in [0.1, 0.15) is 13.3 Å². The summed E-state index contributed by atoms with van der Waals surface area (Å²) in [5.41, 5.74) is 0. The standard InChI is InChI=1S/C5H9BrF2/c1-4(2-3-6)5(7)8/h4-5H,2-3H2,1H3. The Labute approximate surface area is 56.4 Å².